The Kier molecular flexibility index (Phi) is 9.01. The van der Waals surface area contributed by atoms with E-state index in [0.29, 0.717) is 5.92 Å². The minimum Gasteiger partial charge on any atom is -0.310 e. The normalized spacial score (nSPS) is 15.7. The average Bonchev–Trinajstić information content (AvgIpc) is 3.69. The van der Waals surface area contributed by atoms with Crippen LogP contribution in [0.5, 0.6) is 0 Å². The van der Waals surface area contributed by atoms with Crippen molar-refractivity contribution in [2.24, 2.45) is 0 Å². The van der Waals surface area contributed by atoms with Crippen molar-refractivity contribution in [2.45, 2.75) is 76.5 Å². The first-order valence-corrected chi connectivity index (χ1v) is 22.5. The van der Waals surface area contributed by atoms with Crippen LogP contribution >= 0.6 is 0 Å². The van der Waals surface area contributed by atoms with Crippen molar-refractivity contribution >= 4 is 17.1 Å². The van der Waals surface area contributed by atoms with E-state index in [9.17, 15) is 0 Å². The van der Waals surface area contributed by atoms with E-state index in [1.54, 1.807) is 0 Å². The van der Waals surface area contributed by atoms with E-state index in [1.807, 2.05) is 0 Å². The number of anilines is 3. The summed E-state index contributed by atoms with van der Waals surface area (Å²) in [4.78, 5) is 2.47. The molecule has 1 fully saturated rings. The molecule has 0 unspecified atom stereocenters. The second-order valence-electron chi connectivity index (χ2n) is 18.7. The molecule has 0 atom stereocenters. The third-order valence-electron chi connectivity index (χ3n) is 14.5. The van der Waals surface area contributed by atoms with Gasteiger partial charge in [-0.15, -0.1) is 0 Å². The topological polar surface area (TPSA) is 3.24 Å². The molecule has 298 valence electrons. The van der Waals surface area contributed by atoms with Gasteiger partial charge in [0, 0.05) is 27.8 Å². The van der Waals surface area contributed by atoms with Crippen molar-refractivity contribution in [3.05, 3.63) is 210 Å². The molecule has 0 amide bonds. The van der Waals surface area contributed by atoms with Gasteiger partial charge in [-0.25, -0.2) is 0 Å². The van der Waals surface area contributed by atoms with Gasteiger partial charge in [-0.3, -0.25) is 0 Å². The Bertz CT molecular complexity index is 2920. The van der Waals surface area contributed by atoms with Crippen LogP contribution in [-0.4, -0.2) is 0 Å². The summed E-state index contributed by atoms with van der Waals surface area (Å²) in [5, 5.41) is 0. The number of fused-ring (bicyclic) bond motifs is 6. The lowest BCUT2D eigenvalue weighted by Crippen LogP contribution is -2.18. The second-order valence-corrected chi connectivity index (χ2v) is 18.7. The van der Waals surface area contributed by atoms with E-state index in [-0.39, 0.29) is 10.8 Å². The molecule has 0 saturated heterocycles. The maximum Gasteiger partial charge on any atom is 0.0540 e. The summed E-state index contributed by atoms with van der Waals surface area (Å²) in [5.74, 6) is 0.713. The molecule has 0 aliphatic heterocycles. The largest absolute Gasteiger partial charge is 0.310 e. The molecule has 8 aromatic rings. The maximum atomic E-state index is 2.48. The van der Waals surface area contributed by atoms with Crippen molar-refractivity contribution < 1.29 is 0 Å². The van der Waals surface area contributed by atoms with Crippen LogP contribution in [0, 0.1) is 0 Å². The fourth-order valence-electron chi connectivity index (χ4n) is 11.3. The number of para-hydroxylation sites is 1. The van der Waals surface area contributed by atoms with E-state index in [0.717, 1.165) is 17.1 Å². The van der Waals surface area contributed by atoms with Gasteiger partial charge in [0.2, 0.25) is 0 Å². The highest BCUT2D eigenvalue weighted by atomic mass is 15.1. The van der Waals surface area contributed by atoms with Crippen molar-refractivity contribution in [2.75, 3.05) is 4.90 Å². The predicted octanol–water partition coefficient (Wildman–Crippen LogP) is 16.8. The molecule has 61 heavy (non-hydrogen) atoms. The Morgan fingerprint density at radius 3 is 1.70 bits per heavy atom. The molecular formula is C60H53N. The summed E-state index contributed by atoms with van der Waals surface area (Å²) in [5.41, 5.74) is 23.2. The van der Waals surface area contributed by atoms with Gasteiger partial charge >= 0.3 is 0 Å². The summed E-state index contributed by atoms with van der Waals surface area (Å²) in [6, 6.07) is 68.6. The van der Waals surface area contributed by atoms with Gasteiger partial charge in [-0.1, -0.05) is 193 Å². The van der Waals surface area contributed by atoms with Crippen LogP contribution in [0.3, 0.4) is 0 Å². The number of hydrogen-bond acceptors (Lipinski definition) is 1. The number of nitrogens with zero attached hydrogens (tertiary/aromatic N) is 1. The fraction of sp³-hybridized carbons (Fsp3) is 0.200. The molecule has 3 aliphatic carbocycles. The standard InChI is InChI=1S/C60H53N/c1-59(2)54-24-13-11-21-50(54)51-36-32-45(38-55(51)59)49-22-15-23-53-52-37-35-47(39-56(52)60(3,4)58(49)53)61(57-25-14-12-20-48(57)44-18-9-6-10-19-44)46-33-30-43(31-34-46)42-28-26-41(27-29-42)40-16-7-5-8-17-40/h6,9-15,18-40H,5,7-8,16-17H2,1-4H3. The lowest BCUT2D eigenvalue weighted by Gasteiger charge is -2.30. The number of rotatable bonds is 7. The third-order valence-corrected chi connectivity index (χ3v) is 14.5. The van der Waals surface area contributed by atoms with Crippen molar-refractivity contribution in [3.8, 4) is 55.6 Å². The second kappa shape index (κ2) is 14.6. The van der Waals surface area contributed by atoms with Gasteiger partial charge in [-0.05, 0) is 133 Å². The minimum absolute atomic E-state index is 0.0515. The van der Waals surface area contributed by atoms with Crippen molar-refractivity contribution in [1.82, 2.24) is 0 Å². The van der Waals surface area contributed by atoms with E-state index in [2.05, 4.69) is 215 Å². The Morgan fingerprint density at radius 1 is 0.377 bits per heavy atom. The highest BCUT2D eigenvalue weighted by Crippen LogP contribution is 2.55. The molecule has 0 radical (unpaired) electrons. The Morgan fingerprint density at radius 2 is 0.934 bits per heavy atom. The maximum absolute atomic E-state index is 2.48. The zero-order valence-corrected chi connectivity index (χ0v) is 35.9. The van der Waals surface area contributed by atoms with Crippen LogP contribution in [0.2, 0.25) is 0 Å². The lowest BCUT2D eigenvalue weighted by molar-refractivity contribution is 0.443. The van der Waals surface area contributed by atoms with E-state index < -0.39 is 0 Å². The molecule has 3 aliphatic rings. The van der Waals surface area contributed by atoms with Crippen LogP contribution in [-0.2, 0) is 10.8 Å². The Hall–Kier alpha value is -6.44. The SMILES string of the molecule is CC1(C)c2ccccc2-c2ccc(-c3cccc4c3C(C)(C)c3cc(N(c5ccc(-c6ccc(C7CCCCC7)cc6)cc5)c5ccccc5-c5ccccc5)ccc3-4)cc21. The van der Waals surface area contributed by atoms with Crippen LogP contribution < -0.4 is 4.90 Å². The monoisotopic (exact) mass is 787 g/mol. The first-order chi connectivity index (χ1) is 29.8. The third kappa shape index (κ3) is 6.20. The summed E-state index contributed by atoms with van der Waals surface area (Å²) in [6.07, 6.45) is 6.75. The van der Waals surface area contributed by atoms with E-state index in [4.69, 9.17) is 0 Å². The summed E-state index contributed by atoms with van der Waals surface area (Å²) in [7, 11) is 0. The van der Waals surface area contributed by atoms with Gasteiger partial charge in [0.1, 0.15) is 0 Å². The first kappa shape index (κ1) is 37.6. The molecule has 0 N–H and O–H groups in total. The minimum atomic E-state index is -0.229. The summed E-state index contributed by atoms with van der Waals surface area (Å²) < 4.78 is 0. The lowest BCUT2D eigenvalue weighted by atomic mass is 9.77. The van der Waals surface area contributed by atoms with Gasteiger partial charge in [-0.2, -0.15) is 0 Å². The van der Waals surface area contributed by atoms with Crippen LogP contribution in [0.15, 0.2) is 182 Å². The molecular weight excluding hydrogens is 735 g/mol. The van der Waals surface area contributed by atoms with E-state index in [1.165, 1.54) is 116 Å². The average molecular weight is 788 g/mol. The highest BCUT2D eigenvalue weighted by molar-refractivity contribution is 5.94. The summed E-state index contributed by atoms with van der Waals surface area (Å²) >= 11 is 0. The number of hydrogen-bond donors (Lipinski definition) is 0. The van der Waals surface area contributed by atoms with Crippen molar-refractivity contribution in [1.29, 1.82) is 0 Å². The van der Waals surface area contributed by atoms with Gasteiger partial charge in [0.25, 0.3) is 0 Å². The molecule has 8 aromatic carbocycles. The zero-order chi connectivity index (χ0) is 41.3. The van der Waals surface area contributed by atoms with Gasteiger partial charge in [0.05, 0.1) is 5.69 Å². The fourth-order valence-corrected chi connectivity index (χ4v) is 11.3. The van der Waals surface area contributed by atoms with Crippen LogP contribution in [0.4, 0.5) is 17.1 Å². The number of benzene rings is 8. The molecule has 1 heteroatoms. The molecule has 0 spiro atoms. The molecule has 0 bridgehead atoms. The van der Waals surface area contributed by atoms with Crippen molar-refractivity contribution in [3.63, 3.8) is 0 Å². The molecule has 0 heterocycles. The Balaban J connectivity index is 0.997. The molecule has 1 saturated carbocycles. The van der Waals surface area contributed by atoms with E-state index >= 15 is 0 Å². The quantitative estimate of drug-likeness (QED) is 0.155. The molecule has 0 aromatic heterocycles. The highest BCUT2D eigenvalue weighted by Gasteiger charge is 2.40. The van der Waals surface area contributed by atoms with Gasteiger partial charge in [0.15, 0.2) is 0 Å². The van der Waals surface area contributed by atoms with Gasteiger partial charge < -0.3 is 4.90 Å². The molecule has 1 nitrogen and oxygen atoms in total. The Labute approximate surface area is 362 Å². The van der Waals surface area contributed by atoms with Crippen LogP contribution in [0.25, 0.3) is 55.6 Å². The van der Waals surface area contributed by atoms with Crippen LogP contribution in [0.1, 0.15) is 93.5 Å². The first-order valence-electron chi connectivity index (χ1n) is 22.5. The zero-order valence-electron chi connectivity index (χ0n) is 35.9. The molecule has 11 rings (SSSR count). The predicted molar refractivity (Wildman–Crippen MR) is 258 cm³/mol. The smallest absolute Gasteiger partial charge is 0.0540 e. The summed E-state index contributed by atoms with van der Waals surface area (Å²) in [6.45, 7) is 9.61.